The lowest BCUT2D eigenvalue weighted by Crippen LogP contribution is -2.43. The zero-order valence-corrected chi connectivity index (χ0v) is 15.2. The van der Waals surface area contributed by atoms with Crippen LogP contribution < -0.4 is 9.47 Å². The molecule has 0 aromatic heterocycles. The molecule has 2 heterocycles. The fourth-order valence-electron chi connectivity index (χ4n) is 4.52. The van der Waals surface area contributed by atoms with E-state index in [1.165, 1.54) is 0 Å². The van der Waals surface area contributed by atoms with E-state index in [-0.39, 0.29) is 24.0 Å². The van der Waals surface area contributed by atoms with Crippen molar-refractivity contribution < 1.29 is 24.1 Å². The maximum Gasteiger partial charge on any atom is 0.320 e. The largest absolute Gasteiger partial charge is 0.493 e. The molecule has 0 fully saturated rings. The van der Waals surface area contributed by atoms with Crippen LogP contribution in [0.1, 0.15) is 30.9 Å². The standard InChI is InChI=1S/C20H25NO5/c1-3-25-17(23)12-21-9-8-20-7-6-14(22)10-16(20)26-19-15(24-2)5-4-13(11-21)18(19)20/h4-7,14,16,22H,3,8-12H2,1-2H3/t14-,16-,20-/m0/s1. The summed E-state index contributed by atoms with van der Waals surface area (Å²) in [6.07, 6.45) is 4.76. The van der Waals surface area contributed by atoms with Gasteiger partial charge in [0.15, 0.2) is 11.5 Å². The summed E-state index contributed by atoms with van der Waals surface area (Å²) in [5.74, 6) is 1.31. The molecule has 0 saturated carbocycles. The number of aliphatic hydroxyl groups excluding tert-OH is 1. The van der Waals surface area contributed by atoms with Gasteiger partial charge in [-0.25, -0.2) is 0 Å². The number of esters is 1. The van der Waals surface area contributed by atoms with E-state index in [1.54, 1.807) is 7.11 Å². The van der Waals surface area contributed by atoms with Gasteiger partial charge in [0.05, 0.1) is 31.8 Å². The molecule has 0 unspecified atom stereocenters. The van der Waals surface area contributed by atoms with E-state index in [4.69, 9.17) is 14.2 Å². The number of rotatable bonds is 4. The molecule has 26 heavy (non-hydrogen) atoms. The first kappa shape index (κ1) is 17.4. The average molecular weight is 359 g/mol. The molecule has 0 bridgehead atoms. The van der Waals surface area contributed by atoms with Crippen LogP contribution in [0.25, 0.3) is 0 Å². The molecular formula is C20H25NO5. The Bertz CT molecular complexity index is 746. The third kappa shape index (κ3) is 2.68. The second-order valence-electron chi connectivity index (χ2n) is 7.21. The Morgan fingerprint density at radius 3 is 3.08 bits per heavy atom. The number of ether oxygens (including phenoxy) is 3. The van der Waals surface area contributed by atoms with E-state index in [1.807, 2.05) is 19.1 Å². The predicted octanol–water partition coefficient (Wildman–Crippen LogP) is 1.78. The number of hydrogen-bond donors (Lipinski definition) is 1. The molecule has 6 nitrogen and oxygen atoms in total. The lowest BCUT2D eigenvalue weighted by atomic mass is 9.69. The molecule has 3 aliphatic rings. The molecule has 2 aliphatic heterocycles. The van der Waals surface area contributed by atoms with E-state index >= 15 is 0 Å². The van der Waals surface area contributed by atoms with Crippen molar-refractivity contribution in [2.75, 3.05) is 26.8 Å². The second-order valence-corrected chi connectivity index (χ2v) is 7.21. The van der Waals surface area contributed by atoms with Crippen molar-refractivity contribution in [2.24, 2.45) is 0 Å². The predicted molar refractivity (Wildman–Crippen MR) is 95.4 cm³/mol. The molecular weight excluding hydrogens is 334 g/mol. The summed E-state index contributed by atoms with van der Waals surface area (Å²) in [6, 6.07) is 3.99. The molecule has 6 heteroatoms. The van der Waals surface area contributed by atoms with E-state index in [9.17, 15) is 9.90 Å². The molecule has 0 amide bonds. The van der Waals surface area contributed by atoms with Crippen LogP contribution in [0.5, 0.6) is 11.5 Å². The number of benzene rings is 1. The van der Waals surface area contributed by atoms with Crippen molar-refractivity contribution in [3.05, 3.63) is 35.4 Å². The Morgan fingerprint density at radius 2 is 2.31 bits per heavy atom. The minimum Gasteiger partial charge on any atom is -0.493 e. The molecule has 3 atom stereocenters. The lowest BCUT2D eigenvalue weighted by Gasteiger charge is -2.35. The van der Waals surface area contributed by atoms with Crippen molar-refractivity contribution in [2.45, 2.75) is 43.9 Å². The fraction of sp³-hybridized carbons (Fsp3) is 0.550. The summed E-state index contributed by atoms with van der Waals surface area (Å²) in [5.41, 5.74) is 2.02. The highest BCUT2D eigenvalue weighted by Gasteiger charge is 2.52. The summed E-state index contributed by atoms with van der Waals surface area (Å²) < 4.78 is 16.9. The van der Waals surface area contributed by atoms with Crippen molar-refractivity contribution in [3.63, 3.8) is 0 Å². The van der Waals surface area contributed by atoms with Crippen molar-refractivity contribution in [1.82, 2.24) is 4.90 Å². The van der Waals surface area contributed by atoms with Gasteiger partial charge in [0.2, 0.25) is 0 Å². The van der Waals surface area contributed by atoms with E-state index < -0.39 is 6.10 Å². The van der Waals surface area contributed by atoms with Gasteiger partial charge in [0, 0.05) is 25.1 Å². The van der Waals surface area contributed by atoms with Crippen LogP contribution in [0.3, 0.4) is 0 Å². The lowest BCUT2D eigenvalue weighted by molar-refractivity contribution is -0.144. The average Bonchev–Trinajstić information content (AvgIpc) is 2.86. The summed E-state index contributed by atoms with van der Waals surface area (Å²) in [4.78, 5) is 14.1. The van der Waals surface area contributed by atoms with Crippen LogP contribution in [-0.4, -0.2) is 55.0 Å². The van der Waals surface area contributed by atoms with E-state index in [2.05, 4.69) is 17.0 Å². The number of hydrogen-bond acceptors (Lipinski definition) is 6. The highest BCUT2D eigenvalue weighted by Crippen LogP contribution is 2.55. The monoisotopic (exact) mass is 359 g/mol. The maximum atomic E-state index is 12.0. The molecule has 0 radical (unpaired) electrons. The second kappa shape index (κ2) is 6.59. The minimum atomic E-state index is -0.492. The van der Waals surface area contributed by atoms with Crippen LogP contribution in [0.15, 0.2) is 24.3 Å². The van der Waals surface area contributed by atoms with Crippen LogP contribution in [0, 0.1) is 0 Å². The number of carbonyl (C=O) groups is 1. The Hall–Kier alpha value is -2.05. The van der Waals surface area contributed by atoms with Crippen LogP contribution in [-0.2, 0) is 21.5 Å². The van der Waals surface area contributed by atoms with Crippen LogP contribution in [0.4, 0.5) is 0 Å². The minimum absolute atomic E-state index is 0.116. The van der Waals surface area contributed by atoms with Crippen molar-refractivity contribution >= 4 is 5.97 Å². The van der Waals surface area contributed by atoms with Gasteiger partial charge in [-0.15, -0.1) is 0 Å². The Labute approximate surface area is 153 Å². The van der Waals surface area contributed by atoms with Gasteiger partial charge in [-0.05, 0) is 25.0 Å². The number of nitrogens with zero attached hydrogens (tertiary/aromatic N) is 1. The van der Waals surface area contributed by atoms with Gasteiger partial charge in [-0.1, -0.05) is 18.2 Å². The first-order valence-corrected chi connectivity index (χ1v) is 9.19. The first-order valence-electron chi connectivity index (χ1n) is 9.19. The molecule has 4 rings (SSSR count). The van der Waals surface area contributed by atoms with Gasteiger partial charge in [-0.2, -0.15) is 0 Å². The zero-order chi connectivity index (χ0) is 18.3. The van der Waals surface area contributed by atoms with E-state index in [0.717, 1.165) is 35.6 Å². The molecule has 0 saturated heterocycles. The Morgan fingerprint density at radius 1 is 1.46 bits per heavy atom. The molecule has 1 aromatic carbocycles. The van der Waals surface area contributed by atoms with Crippen molar-refractivity contribution in [1.29, 1.82) is 0 Å². The maximum absolute atomic E-state index is 12.0. The Balaban J connectivity index is 1.74. The number of aliphatic hydroxyl groups is 1. The van der Waals surface area contributed by atoms with Crippen molar-refractivity contribution in [3.8, 4) is 11.5 Å². The summed E-state index contributed by atoms with van der Waals surface area (Å²) in [6.45, 7) is 3.92. The summed E-state index contributed by atoms with van der Waals surface area (Å²) in [5, 5.41) is 10.1. The highest BCUT2D eigenvalue weighted by atomic mass is 16.5. The molecule has 1 spiro atoms. The molecule has 140 valence electrons. The van der Waals surface area contributed by atoms with Crippen LogP contribution >= 0.6 is 0 Å². The van der Waals surface area contributed by atoms with E-state index in [0.29, 0.717) is 19.6 Å². The number of carbonyl (C=O) groups excluding carboxylic acids is 1. The van der Waals surface area contributed by atoms with Gasteiger partial charge in [0.25, 0.3) is 0 Å². The SMILES string of the molecule is CCOC(=O)CN1CC[C@@]23C=C[C@H](O)C[C@@H]2Oc2c(OC)ccc(c23)C1. The van der Waals surface area contributed by atoms with Gasteiger partial charge < -0.3 is 19.3 Å². The summed E-state index contributed by atoms with van der Waals surface area (Å²) in [7, 11) is 1.64. The van der Waals surface area contributed by atoms with Gasteiger partial charge >= 0.3 is 5.97 Å². The number of methoxy groups -OCH3 is 1. The quantitative estimate of drug-likeness (QED) is 0.653. The van der Waals surface area contributed by atoms with Gasteiger partial charge in [0.1, 0.15) is 6.10 Å². The Kier molecular flexibility index (Phi) is 4.40. The zero-order valence-electron chi connectivity index (χ0n) is 15.2. The molecule has 1 N–H and O–H groups in total. The van der Waals surface area contributed by atoms with Gasteiger partial charge in [-0.3, -0.25) is 9.69 Å². The third-order valence-electron chi connectivity index (χ3n) is 5.69. The molecule has 1 aliphatic carbocycles. The first-order chi connectivity index (χ1) is 12.6. The smallest absolute Gasteiger partial charge is 0.320 e. The normalized spacial score (nSPS) is 29.3. The van der Waals surface area contributed by atoms with Crippen LogP contribution in [0.2, 0.25) is 0 Å². The topological polar surface area (TPSA) is 68.2 Å². The summed E-state index contributed by atoms with van der Waals surface area (Å²) >= 11 is 0. The fourth-order valence-corrected chi connectivity index (χ4v) is 4.52. The highest BCUT2D eigenvalue weighted by molar-refractivity contribution is 5.71. The molecule has 1 aromatic rings. The third-order valence-corrected chi connectivity index (χ3v) is 5.69.